The van der Waals surface area contributed by atoms with Gasteiger partial charge in [-0.1, -0.05) is 61.9 Å². The molecule has 0 aliphatic heterocycles. The standard InChI is InChI=1S/C26H24FN/c1-3-4-7-19-10-12-20(13-11-19)24-16-21(14-15-25(24)27)26-23-9-6-5-8-22(23)18(2)17-28-26/h5-6,8-17H,3-4,7H2,1-2H3. The Balaban J connectivity index is 1.77. The first-order chi connectivity index (χ1) is 13.7. The Morgan fingerprint density at radius 3 is 2.32 bits per heavy atom. The fourth-order valence-electron chi connectivity index (χ4n) is 3.69. The van der Waals surface area contributed by atoms with Crippen LogP contribution in [0.25, 0.3) is 33.2 Å². The zero-order chi connectivity index (χ0) is 19.5. The van der Waals surface area contributed by atoms with Crippen molar-refractivity contribution >= 4 is 10.8 Å². The summed E-state index contributed by atoms with van der Waals surface area (Å²) in [4.78, 5) is 4.67. The molecule has 0 unspecified atom stereocenters. The summed E-state index contributed by atoms with van der Waals surface area (Å²) in [7, 11) is 0. The monoisotopic (exact) mass is 369 g/mol. The molecule has 0 aliphatic rings. The summed E-state index contributed by atoms with van der Waals surface area (Å²) < 4.78 is 14.6. The first kappa shape index (κ1) is 18.4. The van der Waals surface area contributed by atoms with Crippen LogP contribution in [-0.4, -0.2) is 4.98 Å². The zero-order valence-electron chi connectivity index (χ0n) is 16.4. The second-order valence-electron chi connectivity index (χ2n) is 7.33. The minimum atomic E-state index is -0.207. The quantitative estimate of drug-likeness (QED) is 0.358. The summed E-state index contributed by atoms with van der Waals surface area (Å²) in [6, 6.07) is 21.8. The number of benzene rings is 3. The Hall–Kier alpha value is -3.00. The average molecular weight is 369 g/mol. The molecule has 4 aromatic rings. The molecule has 0 saturated carbocycles. The number of nitrogens with zero attached hydrogens (tertiary/aromatic N) is 1. The van der Waals surface area contributed by atoms with Gasteiger partial charge in [-0.25, -0.2) is 4.39 Å². The zero-order valence-corrected chi connectivity index (χ0v) is 16.4. The topological polar surface area (TPSA) is 12.9 Å². The number of hydrogen-bond acceptors (Lipinski definition) is 1. The molecule has 0 aliphatic carbocycles. The number of rotatable bonds is 5. The summed E-state index contributed by atoms with van der Waals surface area (Å²) >= 11 is 0. The molecule has 0 spiro atoms. The molecule has 4 rings (SSSR count). The largest absolute Gasteiger partial charge is 0.255 e. The van der Waals surface area contributed by atoms with Crippen LogP contribution in [0.4, 0.5) is 4.39 Å². The Labute approximate surface area is 165 Å². The minimum Gasteiger partial charge on any atom is -0.255 e. The summed E-state index contributed by atoms with van der Waals surface area (Å²) in [5, 5.41) is 2.27. The smallest absolute Gasteiger partial charge is 0.131 e. The molecule has 0 amide bonds. The van der Waals surface area contributed by atoms with Crippen LogP contribution in [0.1, 0.15) is 30.9 Å². The maximum atomic E-state index is 14.6. The van der Waals surface area contributed by atoms with Crippen molar-refractivity contribution in [3.63, 3.8) is 0 Å². The predicted molar refractivity (Wildman–Crippen MR) is 116 cm³/mol. The minimum absolute atomic E-state index is 0.207. The van der Waals surface area contributed by atoms with E-state index in [9.17, 15) is 4.39 Å². The lowest BCUT2D eigenvalue weighted by atomic mass is 9.96. The fraction of sp³-hybridized carbons (Fsp3) is 0.192. The molecule has 28 heavy (non-hydrogen) atoms. The van der Waals surface area contributed by atoms with Gasteiger partial charge in [-0.15, -0.1) is 0 Å². The van der Waals surface area contributed by atoms with Crippen molar-refractivity contribution in [2.75, 3.05) is 0 Å². The number of aryl methyl sites for hydroxylation is 2. The van der Waals surface area contributed by atoms with E-state index in [-0.39, 0.29) is 5.82 Å². The lowest BCUT2D eigenvalue weighted by molar-refractivity contribution is 0.631. The number of halogens is 1. The third-order valence-corrected chi connectivity index (χ3v) is 5.32. The van der Waals surface area contributed by atoms with Gasteiger partial charge in [0.25, 0.3) is 0 Å². The van der Waals surface area contributed by atoms with E-state index in [0.29, 0.717) is 5.56 Å². The summed E-state index contributed by atoms with van der Waals surface area (Å²) in [6.07, 6.45) is 5.31. The van der Waals surface area contributed by atoms with Gasteiger partial charge in [-0.05, 0) is 60.0 Å². The lowest BCUT2D eigenvalue weighted by Gasteiger charge is -2.11. The normalized spacial score (nSPS) is 11.1. The van der Waals surface area contributed by atoms with E-state index in [4.69, 9.17) is 0 Å². The van der Waals surface area contributed by atoms with Crippen molar-refractivity contribution in [2.24, 2.45) is 0 Å². The molecule has 1 heterocycles. The number of unbranched alkanes of at least 4 members (excludes halogenated alkanes) is 1. The maximum Gasteiger partial charge on any atom is 0.131 e. The molecule has 3 aromatic carbocycles. The molecule has 0 N–H and O–H groups in total. The molecule has 1 aromatic heterocycles. The van der Waals surface area contributed by atoms with E-state index < -0.39 is 0 Å². The number of aromatic nitrogens is 1. The van der Waals surface area contributed by atoms with Crippen LogP contribution in [0.15, 0.2) is 72.9 Å². The van der Waals surface area contributed by atoms with Gasteiger partial charge in [-0.3, -0.25) is 4.98 Å². The Kier molecular flexibility index (Phi) is 5.21. The van der Waals surface area contributed by atoms with Crippen LogP contribution in [0.2, 0.25) is 0 Å². The molecular weight excluding hydrogens is 345 g/mol. The molecule has 0 radical (unpaired) electrons. The highest BCUT2D eigenvalue weighted by Gasteiger charge is 2.12. The highest BCUT2D eigenvalue weighted by Crippen LogP contribution is 2.32. The van der Waals surface area contributed by atoms with Crippen molar-refractivity contribution in [3.05, 3.63) is 89.9 Å². The van der Waals surface area contributed by atoms with Gasteiger partial charge in [0.15, 0.2) is 0 Å². The first-order valence-electron chi connectivity index (χ1n) is 9.91. The van der Waals surface area contributed by atoms with Gasteiger partial charge < -0.3 is 0 Å². The van der Waals surface area contributed by atoms with Crippen LogP contribution < -0.4 is 0 Å². The second kappa shape index (κ2) is 7.93. The molecule has 0 bridgehead atoms. The number of pyridine rings is 1. The van der Waals surface area contributed by atoms with Gasteiger partial charge in [0.2, 0.25) is 0 Å². The third-order valence-electron chi connectivity index (χ3n) is 5.32. The predicted octanol–water partition coefficient (Wildman–Crippen LogP) is 7.36. The molecule has 0 fully saturated rings. The van der Waals surface area contributed by atoms with Crippen LogP contribution in [0.5, 0.6) is 0 Å². The summed E-state index contributed by atoms with van der Waals surface area (Å²) in [5.41, 5.74) is 5.78. The van der Waals surface area contributed by atoms with E-state index in [1.54, 1.807) is 6.07 Å². The van der Waals surface area contributed by atoms with E-state index >= 15 is 0 Å². The molecule has 2 heteroatoms. The van der Waals surface area contributed by atoms with Crippen molar-refractivity contribution in [1.82, 2.24) is 4.98 Å². The van der Waals surface area contributed by atoms with E-state index in [1.165, 1.54) is 23.8 Å². The van der Waals surface area contributed by atoms with Crippen molar-refractivity contribution in [2.45, 2.75) is 33.1 Å². The molecule has 140 valence electrons. The van der Waals surface area contributed by atoms with Gasteiger partial charge >= 0.3 is 0 Å². The van der Waals surface area contributed by atoms with Crippen LogP contribution >= 0.6 is 0 Å². The van der Waals surface area contributed by atoms with E-state index in [2.05, 4.69) is 43.1 Å². The highest BCUT2D eigenvalue weighted by molar-refractivity contribution is 5.96. The summed E-state index contributed by atoms with van der Waals surface area (Å²) in [5.74, 6) is -0.207. The first-order valence-corrected chi connectivity index (χ1v) is 9.91. The van der Waals surface area contributed by atoms with E-state index in [1.807, 2.05) is 42.6 Å². The Morgan fingerprint density at radius 2 is 1.57 bits per heavy atom. The van der Waals surface area contributed by atoms with Crippen molar-refractivity contribution in [3.8, 4) is 22.4 Å². The van der Waals surface area contributed by atoms with Gasteiger partial charge in [0, 0.05) is 22.7 Å². The number of hydrogen-bond donors (Lipinski definition) is 0. The highest BCUT2D eigenvalue weighted by atomic mass is 19.1. The average Bonchev–Trinajstić information content (AvgIpc) is 2.74. The Bertz CT molecular complexity index is 1110. The molecule has 1 nitrogen and oxygen atoms in total. The van der Waals surface area contributed by atoms with Gasteiger partial charge in [0.1, 0.15) is 5.82 Å². The van der Waals surface area contributed by atoms with Crippen LogP contribution in [0, 0.1) is 12.7 Å². The maximum absolute atomic E-state index is 14.6. The molecule has 0 saturated heterocycles. The molecular formula is C26H24FN. The second-order valence-corrected chi connectivity index (χ2v) is 7.33. The lowest BCUT2D eigenvalue weighted by Crippen LogP contribution is -1.92. The van der Waals surface area contributed by atoms with Crippen LogP contribution in [-0.2, 0) is 6.42 Å². The third kappa shape index (κ3) is 3.55. The fourth-order valence-corrected chi connectivity index (χ4v) is 3.69. The van der Waals surface area contributed by atoms with E-state index in [0.717, 1.165) is 34.2 Å². The molecule has 0 atom stereocenters. The van der Waals surface area contributed by atoms with Gasteiger partial charge in [-0.2, -0.15) is 0 Å². The SMILES string of the molecule is CCCCc1ccc(-c2cc(-c3ncc(C)c4ccccc34)ccc2F)cc1. The van der Waals surface area contributed by atoms with Crippen LogP contribution in [0.3, 0.4) is 0 Å². The van der Waals surface area contributed by atoms with Gasteiger partial charge in [0.05, 0.1) is 5.69 Å². The Morgan fingerprint density at radius 1 is 0.857 bits per heavy atom. The van der Waals surface area contributed by atoms with Crippen molar-refractivity contribution in [1.29, 1.82) is 0 Å². The van der Waals surface area contributed by atoms with Crippen molar-refractivity contribution < 1.29 is 4.39 Å². The number of fused-ring (bicyclic) bond motifs is 1. The summed E-state index contributed by atoms with van der Waals surface area (Å²) in [6.45, 7) is 4.26.